The number of hydrogen-bond donors (Lipinski definition) is 4. The minimum Gasteiger partial charge on any atom is -0.374 e. The Labute approximate surface area is 242 Å². The molecule has 3 heterocycles. The van der Waals surface area contributed by atoms with Crippen LogP contribution in [-0.4, -0.2) is 90.7 Å². The number of aryl methyl sites for hydroxylation is 2. The normalized spacial score (nSPS) is 13.8. The second-order valence-electron chi connectivity index (χ2n) is 9.28. The number of nitrogens with zero attached hydrogens (tertiary/aromatic N) is 5. The molecule has 0 atom stereocenters. The smallest absolute Gasteiger partial charge is 0.267 e. The standard InChI is InChI=1S/C26H34ClN9O3S/c1-17-4-3-5-19(27)24(17)34-25(38)20-15-30-26(40-20)33-21-14-22(32-18(2)31-21)36-10-8-35(9-11-36)16-23(37)29-7-13-39-12-6-28/h3-5,14-15H,6-13,16,28H2,1-2H3,(H,29,37)(H,34,38)(H,30,31,32,33)/p+1. The Kier molecular flexibility index (Phi) is 10.6. The summed E-state index contributed by atoms with van der Waals surface area (Å²) in [5.74, 6) is 1.72. The molecule has 12 nitrogen and oxygen atoms in total. The summed E-state index contributed by atoms with van der Waals surface area (Å²) in [4.78, 5) is 43.2. The number of aromatic nitrogens is 3. The van der Waals surface area contributed by atoms with Crippen molar-refractivity contribution in [1.29, 1.82) is 0 Å². The van der Waals surface area contributed by atoms with E-state index in [9.17, 15) is 9.59 Å². The van der Waals surface area contributed by atoms with Crippen LogP contribution in [-0.2, 0) is 9.53 Å². The van der Waals surface area contributed by atoms with Gasteiger partial charge in [0.15, 0.2) is 5.13 Å². The van der Waals surface area contributed by atoms with Crippen LogP contribution in [0.15, 0.2) is 30.5 Å². The van der Waals surface area contributed by atoms with Gasteiger partial charge in [0.25, 0.3) is 5.91 Å². The van der Waals surface area contributed by atoms with E-state index >= 15 is 0 Å². The van der Waals surface area contributed by atoms with Crippen molar-refractivity contribution in [3.8, 4) is 0 Å². The van der Waals surface area contributed by atoms with Crippen LogP contribution in [0.1, 0.15) is 21.1 Å². The molecule has 0 bridgehead atoms. The SMILES string of the molecule is Cc1nc(Nc2ncc(C(=O)Nc3c(C)cccc3Cl)s2)cc(N2CCN(CC(=O)NCCOCC[NH3+])CC2)n1. The first-order valence-electron chi connectivity index (χ1n) is 13.1. The summed E-state index contributed by atoms with van der Waals surface area (Å²) in [6.07, 6.45) is 1.52. The van der Waals surface area contributed by atoms with E-state index in [0.29, 0.717) is 58.7 Å². The minimum atomic E-state index is -0.282. The third kappa shape index (κ3) is 8.32. The summed E-state index contributed by atoms with van der Waals surface area (Å²) >= 11 is 7.47. The summed E-state index contributed by atoms with van der Waals surface area (Å²) in [6.45, 7) is 9.35. The van der Waals surface area contributed by atoms with Crippen LogP contribution in [0, 0.1) is 13.8 Å². The lowest BCUT2D eigenvalue weighted by Gasteiger charge is -2.35. The lowest BCUT2D eigenvalue weighted by atomic mass is 10.2. The molecule has 0 radical (unpaired) electrons. The van der Waals surface area contributed by atoms with Crippen molar-refractivity contribution < 1.29 is 20.1 Å². The van der Waals surface area contributed by atoms with Crippen LogP contribution in [0.5, 0.6) is 0 Å². The number of ether oxygens (including phenoxy) is 1. The van der Waals surface area contributed by atoms with Crippen molar-refractivity contribution in [2.24, 2.45) is 0 Å². The molecule has 0 spiro atoms. The molecule has 14 heteroatoms. The monoisotopic (exact) mass is 588 g/mol. The fraction of sp³-hybridized carbons (Fsp3) is 0.423. The van der Waals surface area contributed by atoms with E-state index < -0.39 is 0 Å². The number of rotatable bonds is 12. The number of thiazole rings is 1. The van der Waals surface area contributed by atoms with Crippen molar-refractivity contribution >= 4 is 57.2 Å². The zero-order valence-corrected chi connectivity index (χ0v) is 24.3. The summed E-state index contributed by atoms with van der Waals surface area (Å²) in [5.41, 5.74) is 5.19. The third-order valence-electron chi connectivity index (χ3n) is 6.17. The molecular weight excluding hydrogens is 554 g/mol. The molecule has 1 saturated heterocycles. The lowest BCUT2D eigenvalue weighted by molar-refractivity contribution is -0.374. The summed E-state index contributed by atoms with van der Waals surface area (Å²) in [5, 5.41) is 9.98. The molecule has 0 aliphatic carbocycles. The number of amides is 2. The molecule has 6 N–H and O–H groups in total. The van der Waals surface area contributed by atoms with Crippen molar-refractivity contribution in [3.63, 3.8) is 0 Å². The minimum absolute atomic E-state index is 0.00506. The zero-order valence-electron chi connectivity index (χ0n) is 22.7. The van der Waals surface area contributed by atoms with Crippen molar-refractivity contribution in [1.82, 2.24) is 25.2 Å². The van der Waals surface area contributed by atoms with Crippen LogP contribution >= 0.6 is 22.9 Å². The van der Waals surface area contributed by atoms with Gasteiger partial charge in [-0.15, -0.1) is 0 Å². The van der Waals surface area contributed by atoms with Crippen LogP contribution < -0.4 is 26.6 Å². The highest BCUT2D eigenvalue weighted by molar-refractivity contribution is 7.17. The van der Waals surface area contributed by atoms with Crippen molar-refractivity contribution in [3.05, 3.63) is 51.7 Å². The number of piperazine rings is 1. The number of halogens is 1. The Morgan fingerprint density at radius 2 is 1.95 bits per heavy atom. The lowest BCUT2D eigenvalue weighted by Crippen LogP contribution is -2.52. The first kappa shape index (κ1) is 29.6. The second kappa shape index (κ2) is 14.3. The Bertz CT molecular complexity index is 1290. The quantitative estimate of drug-likeness (QED) is 0.232. The van der Waals surface area contributed by atoms with Gasteiger partial charge in [-0.2, -0.15) is 0 Å². The molecule has 1 aliphatic heterocycles. The molecular formula is C26H35ClN9O3S+. The van der Waals surface area contributed by atoms with E-state index in [-0.39, 0.29) is 11.8 Å². The number of carbonyl (C=O) groups excluding carboxylic acids is 2. The van der Waals surface area contributed by atoms with Gasteiger partial charge in [0.05, 0.1) is 43.2 Å². The molecule has 2 aromatic heterocycles. The van der Waals surface area contributed by atoms with Crippen LogP contribution in [0.4, 0.5) is 22.5 Å². The molecule has 1 aliphatic rings. The Morgan fingerprint density at radius 3 is 2.70 bits per heavy atom. The van der Waals surface area contributed by atoms with E-state index in [1.54, 1.807) is 6.07 Å². The summed E-state index contributed by atoms with van der Waals surface area (Å²) in [7, 11) is 0. The maximum Gasteiger partial charge on any atom is 0.267 e. The Morgan fingerprint density at radius 1 is 1.15 bits per heavy atom. The van der Waals surface area contributed by atoms with E-state index in [1.807, 2.05) is 32.0 Å². The molecule has 214 valence electrons. The van der Waals surface area contributed by atoms with Gasteiger partial charge in [-0.1, -0.05) is 35.1 Å². The predicted molar refractivity (Wildman–Crippen MR) is 157 cm³/mol. The van der Waals surface area contributed by atoms with E-state index in [2.05, 4.69) is 46.4 Å². The highest BCUT2D eigenvalue weighted by atomic mass is 35.5. The van der Waals surface area contributed by atoms with E-state index in [1.165, 1.54) is 17.5 Å². The fourth-order valence-electron chi connectivity index (χ4n) is 4.15. The largest absolute Gasteiger partial charge is 0.374 e. The number of quaternary nitrogens is 1. The van der Waals surface area contributed by atoms with Crippen LogP contribution in [0.25, 0.3) is 0 Å². The Balaban J connectivity index is 1.30. The van der Waals surface area contributed by atoms with Gasteiger partial charge >= 0.3 is 0 Å². The molecule has 40 heavy (non-hydrogen) atoms. The summed E-state index contributed by atoms with van der Waals surface area (Å²) in [6, 6.07) is 7.33. The first-order chi connectivity index (χ1) is 19.3. The van der Waals surface area contributed by atoms with Gasteiger partial charge in [0.1, 0.15) is 22.3 Å². The highest BCUT2D eigenvalue weighted by Crippen LogP contribution is 2.28. The van der Waals surface area contributed by atoms with E-state index in [0.717, 1.165) is 44.1 Å². The topological polar surface area (TPSA) is 152 Å². The molecule has 3 aromatic rings. The van der Waals surface area contributed by atoms with Gasteiger partial charge < -0.3 is 31.3 Å². The number of hydrogen-bond acceptors (Lipinski definition) is 10. The molecule has 4 rings (SSSR count). The number of para-hydroxylation sites is 1. The van der Waals surface area contributed by atoms with Crippen molar-refractivity contribution in [2.45, 2.75) is 13.8 Å². The van der Waals surface area contributed by atoms with Gasteiger partial charge in [-0.05, 0) is 25.5 Å². The van der Waals surface area contributed by atoms with Gasteiger partial charge in [0, 0.05) is 38.8 Å². The van der Waals surface area contributed by atoms with Gasteiger partial charge in [0.2, 0.25) is 5.91 Å². The van der Waals surface area contributed by atoms with Gasteiger partial charge in [-0.25, -0.2) is 15.0 Å². The van der Waals surface area contributed by atoms with Gasteiger partial charge in [-0.3, -0.25) is 14.5 Å². The average Bonchev–Trinajstić information content (AvgIpc) is 3.39. The maximum atomic E-state index is 12.8. The van der Waals surface area contributed by atoms with E-state index in [4.69, 9.17) is 16.3 Å². The third-order valence-corrected chi connectivity index (χ3v) is 7.40. The predicted octanol–water partition coefficient (Wildman–Crippen LogP) is 1.70. The number of nitrogens with one attached hydrogen (secondary N) is 3. The van der Waals surface area contributed by atoms with Crippen LogP contribution in [0.2, 0.25) is 5.02 Å². The number of benzene rings is 1. The second-order valence-corrected chi connectivity index (χ2v) is 10.7. The fourth-order valence-corrected chi connectivity index (χ4v) is 5.14. The average molecular weight is 589 g/mol. The number of carbonyl (C=O) groups is 2. The highest BCUT2D eigenvalue weighted by Gasteiger charge is 2.21. The number of anilines is 4. The van der Waals surface area contributed by atoms with Crippen LogP contribution in [0.3, 0.4) is 0 Å². The molecule has 0 saturated carbocycles. The Hall–Kier alpha value is -3.36. The first-order valence-corrected chi connectivity index (χ1v) is 14.3. The molecule has 2 amide bonds. The molecule has 1 fully saturated rings. The summed E-state index contributed by atoms with van der Waals surface area (Å²) < 4.78 is 5.34. The maximum absolute atomic E-state index is 12.8. The zero-order chi connectivity index (χ0) is 28.5. The molecule has 1 aromatic carbocycles. The van der Waals surface area contributed by atoms with Crippen molar-refractivity contribution in [2.75, 3.05) is 74.6 Å². The molecule has 0 unspecified atom stereocenters.